The van der Waals surface area contributed by atoms with E-state index in [0.717, 1.165) is 44.9 Å². The first kappa shape index (κ1) is 28.1. The van der Waals surface area contributed by atoms with E-state index in [9.17, 15) is 26.4 Å². The third-order valence-electron chi connectivity index (χ3n) is 9.39. The first-order valence-corrected chi connectivity index (χ1v) is 15.3. The summed E-state index contributed by atoms with van der Waals surface area (Å²) in [5, 5.41) is 1.38. The van der Waals surface area contributed by atoms with Gasteiger partial charge in [-0.05, 0) is 83.0 Å². The van der Waals surface area contributed by atoms with Gasteiger partial charge in [-0.2, -0.15) is 13.2 Å². The van der Waals surface area contributed by atoms with Gasteiger partial charge in [0.2, 0.25) is 15.9 Å². The number of alkyl halides is 3. The predicted octanol–water partition coefficient (Wildman–Crippen LogP) is 3.62. The van der Waals surface area contributed by atoms with Crippen LogP contribution in [0.3, 0.4) is 0 Å². The first-order valence-electron chi connectivity index (χ1n) is 13.8. The number of piperidine rings is 2. The molecule has 0 aromatic carbocycles. The Balaban J connectivity index is 1.41. The lowest BCUT2D eigenvalue weighted by molar-refractivity contribution is -0.172. The molecule has 11 heteroatoms. The molecular weight excluding hydrogens is 493 g/mol. The summed E-state index contributed by atoms with van der Waals surface area (Å²) in [6.45, 7) is 8.01. The Hall–Kier alpha value is -0.910. The molecule has 3 saturated heterocycles. The van der Waals surface area contributed by atoms with E-state index in [2.05, 4.69) is 12.3 Å². The van der Waals surface area contributed by atoms with Gasteiger partial charge in [0.05, 0.1) is 11.2 Å². The molecule has 1 saturated carbocycles. The number of nitrogens with zero attached hydrogens (tertiary/aromatic N) is 3. The van der Waals surface area contributed by atoms with Crippen LogP contribution in [0.15, 0.2) is 0 Å². The van der Waals surface area contributed by atoms with Gasteiger partial charge in [0.25, 0.3) is 0 Å². The Morgan fingerprint density at radius 1 is 0.944 bits per heavy atom. The fourth-order valence-electron chi connectivity index (χ4n) is 7.11. The maximum Gasteiger partial charge on any atom is 0.406 e. The summed E-state index contributed by atoms with van der Waals surface area (Å²) in [6, 6.07) is -2.35. The molecule has 1 N–H and O–H groups in total. The summed E-state index contributed by atoms with van der Waals surface area (Å²) < 4.78 is 69.9. The van der Waals surface area contributed by atoms with Gasteiger partial charge in [-0.25, -0.2) is 23.2 Å². The van der Waals surface area contributed by atoms with Crippen LogP contribution in [0.4, 0.5) is 13.2 Å². The number of amides is 1. The highest BCUT2D eigenvalue weighted by molar-refractivity contribution is 7.89. The predicted molar refractivity (Wildman–Crippen MR) is 132 cm³/mol. The van der Waals surface area contributed by atoms with Crippen LogP contribution < -0.4 is 5.43 Å². The third kappa shape index (κ3) is 5.59. The van der Waals surface area contributed by atoms with Gasteiger partial charge in [-0.1, -0.05) is 6.92 Å². The Kier molecular flexibility index (Phi) is 8.64. The van der Waals surface area contributed by atoms with E-state index in [1.807, 2.05) is 0 Å². The number of carbonyl (C=O) groups excluding carboxylic acids is 1. The second-order valence-electron chi connectivity index (χ2n) is 11.4. The number of fused-ring (bicyclic) bond motifs is 1. The molecule has 0 bridgehead atoms. The Morgan fingerprint density at radius 3 is 2.08 bits per heavy atom. The zero-order valence-corrected chi connectivity index (χ0v) is 22.7. The summed E-state index contributed by atoms with van der Waals surface area (Å²) in [5.74, 6) is -0.508. The minimum Gasteiger partial charge on any atom is -0.343 e. The molecular formula is C25H43F3N4O3S. The van der Waals surface area contributed by atoms with Crippen LogP contribution in [-0.2, 0) is 14.8 Å². The molecule has 208 valence electrons. The van der Waals surface area contributed by atoms with Crippen molar-refractivity contribution >= 4 is 15.9 Å². The van der Waals surface area contributed by atoms with Crippen molar-refractivity contribution in [3.63, 3.8) is 0 Å². The standard InChI is InChI=1S/C25H43F3N4O3S/c1-4-30(5-2)24(33)22-21-16-19(12-15-32(21)29-23(22)25(26,27)28)18-10-13-31(14-11-18)36(34,35)20-8-6-17(3)7-9-20/h17-23,29H,4-16H2,1-3H3. The zero-order chi connectivity index (χ0) is 26.3. The highest BCUT2D eigenvalue weighted by atomic mass is 32.2. The number of nitrogens with one attached hydrogen (secondary N) is 1. The fraction of sp³-hybridized carbons (Fsp3) is 0.960. The van der Waals surface area contributed by atoms with Crippen LogP contribution >= 0.6 is 0 Å². The monoisotopic (exact) mass is 536 g/mol. The molecule has 0 aromatic heterocycles. The van der Waals surface area contributed by atoms with Crippen molar-refractivity contribution in [3.05, 3.63) is 0 Å². The van der Waals surface area contributed by atoms with Crippen LogP contribution in [0.25, 0.3) is 0 Å². The van der Waals surface area contributed by atoms with E-state index < -0.39 is 40.1 Å². The number of sulfonamides is 1. The molecule has 7 nitrogen and oxygen atoms in total. The second-order valence-corrected chi connectivity index (χ2v) is 13.6. The summed E-state index contributed by atoms with van der Waals surface area (Å²) >= 11 is 0. The molecule has 4 fully saturated rings. The fourth-order valence-corrected chi connectivity index (χ4v) is 9.12. The molecule has 0 spiro atoms. The lowest BCUT2D eigenvalue weighted by Gasteiger charge is -2.43. The maximum absolute atomic E-state index is 13.9. The van der Waals surface area contributed by atoms with Crippen LogP contribution in [0.2, 0.25) is 0 Å². The van der Waals surface area contributed by atoms with Crippen molar-refractivity contribution in [2.24, 2.45) is 23.7 Å². The van der Waals surface area contributed by atoms with Crippen LogP contribution in [0.1, 0.15) is 72.1 Å². The van der Waals surface area contributed by atoms with Gasteiger partial charge in [-0.3, -0.25) is 4.79 Å². The minimum atomic E-state index is -4.50. The number of carbonyl (C=O) groups is 1. The average molecular weight is 537 g/mol. The van der Waals surface area contributed by atoms with E-state index in [1.54, 1.807) is 23.2 Å². The zero-order valence-electron chi connectivity index (χ0n) is 21.8. The van der Waals surface area contributed by atoms with Gasteiger partial charge in [0.1, 0.15) is 6.04 Å². The Bertz CT molecular complexity index is 866. The molecule has 3 aliphatic heterocycles. The average Bonchev–Trinajstić information content (AvgIpc) is 3.24. The van der Waals surface area contributed by atoms with Crippen LogP contribution in [0.5, 0.6) is 0 Å². The number of hydrogen-bond acceptors (Lipinski definition) is 5. The van der Waals surface area contributed by atoms with E-state index in [-0.39, 0.29) is 17.1 Å². The van der Waals surface area contributed by atoms with Crippen LogP contribution in [0, 0.1) is 23.7 Å². The third-order valence-corrected chi connectivity index (χ3v) is 11.8. The van der Waals surface area contributed by atoms with E-state index in [4.69, 9.17) is 0 Å². The van der Waals surface area contributed by atoms with Gasteiger partial charge < -0.3 is 4.90 Å². The maximum atomic E-state index is 13.9. The van der Waals surface area contributed by atoms with Gasteiger partial charge in [0, 0.05) is 38.8 Å². The van der Waals surface area contributed by atoms with Crippen molar-refractivity contribution in [1.82, 2.24) is 19.6 Å². The SMILES string of the molecule is CCN(CC)C(=O)C1C2CC(C3CCN(S(=O)(=O)C4CCC(C)CC4)CC3)CCN2NC1C(F)(F)F. The number of rotatable bonds is 6. The Labute approximate surface area is 214 Å². The normalized spacial score (nSPS) is 35.5. The molecule has 1 aliphatic carbocycles. The minimum absolute atomic E-state index is 0.201. The molecule has 0 aromatic rings. The molecule has 1 amide bonds. The summed E-state index contributed by atoms with van der Waals surface area (Å²) in [7, 11) is -3.30. The van der Waals surface area contributed by atoms with Crippen molar-refractivity contribution in [1.29, 1.82) is 0 Å². The molecule has 0 radical (unpaired) electrons. The van der Waals surface area contributed by atoms with Crippen molar-refractivity contribution in [2.75, 3.05) is 32.7 Å². The van der Waals surface area contributed by atoms with E-state index in [0.29, 0.717) is 45.1 Å². The van der Waals surface area contributed by atoms with E-state index in [1.165, 1.54) is 4.90 Å². The lowest BCUT2D eigenvalue weighted by atomic mass is 9.74. The molecule has 4 rings (SSSR count). The van der Waals surface area contributed by atoms with E-state index >= 15 is 0 Å². The van der Waals surface area contributed by atoms with Gasteiger partial charge >= 0.3 is 6.18 Å². The van der Waals surface area contributed by atoms with Crippen molar-refractivity contribution in [2.45, 2.75) is 95.6 Å². The molecule has 4 atom stereocenters. The molecule has 3 heterocycles. The molecule has 36 heavy (non-hydrogen) atoms. The van der Waals surface area contributed by atoms with Crippen molar-refractivity contribution < 1.29 is 26.4 Å². The number of hydrogen-bond donors (Lipinski definition) is 1. The highest BCUT2D eigenvalue weighted by Crippen LogP contribution is 2.43. The second kappa shape index (κ2) is 11.1. The molecule has 4 unspecified atom stereocenters. The largest absolute Gasteiger partial charge is 0.406 e. The summed E-state index contributed by atoms with van der Waals surface area (Å²) in [4.78, 5) is 14.7. The summed E-state index contributed by atoms with van der Waals surface area (Å²) in [6.07, 6.45) is 1.67. The van der Waals surface area contributed by atoms with Crippen molar-refractivity contribution in [3.8, 4) is 0 Å². The first-order chi connectivity index (χ1) is 17.0. The number of halogens is 3. The smallest absolute Gasteiger partial charge is 0.343 e. The lowest BCUT2D eigenvalue weighted by Crippen LogP contribution is -2.51. The van der Waals surface area contributed by atoms with Crippen LogP contribution in [-0.4, -0.2) is 84.8 Å². The Morgan fingerprint density at radius 2 is 1.53 bits per heavy atom. The topological polar surface area (TPSA) is 73.0 Å². The van der Waals surface area contributed by atoms with Gasteiger partial charge in [-0.15, -0.1) is 0 Å². The highest BCUT2D eigenvalue weighted by Gasteiger charge is 2.59. The number of hydrazine groups is 1. The molecule has 4 aliphatic rings. The quantitative estimate of drug-likeness (QED) is 0.562. The summed E-state index contributed by atoms with van der Waals surface area (Å²) in [5.41, 5.74) is 2.63. The van der Waals surface area contributed by atoms with Gasteiger partial charge in [0.15, 0.2) is 0 Å².